The zero-order valence-corrected chi connectivity index (χ0v) is 12.5. The van der Waals surface area contributed by atoms with Crippen LogP contribution in [0.15, 0.2) is 0 Å². The maximum atomic E-state index is 3.64. The predicted octanol–water partition coefficient (Wildman–Crippen LogP) is 3.13. The van der Waals surface area contributed by atoms with Crippen LogP contribution in [0.2, 0.25) is 0 Å². The minimum Gasteiger partial charge on any atom is -0.311 e. The van der Waals surface area contributed by atoms with Crippen LogP contribution in [0, 0.1) is 5.41 Å². The highest BCUT2D eigenvalue weighted by atomic mass is 15.1. The molecule has 0 fully saturated rings. The largest absolute Gasteiger partial charge is 0.311 e. The first-order chi connectivity index (χ1) is 7.26. The van der Waals surface area contributed by atoms with E-state index in [0.29, 0.717) is 5.41 Å². The summed E-state index contributed by atoms with van der Waals surface area (Å²) in [6.45, 7) is 20.5. The molecule has 0 saturated carbocycles. The summed E-state index contributed by atoms with van der Waals surface area (Å²) in [5.74, 6) is 0. The third kappa shape index (κ3) is 6.49. The molecule has 2 nitrogen and oxygen atoms in total. The van der Waals surface area contributed by atoms with Crippen molar-refractivity contribution >= 4 is 0 Å². The van der Waals surface area contributed by atoms with E-state index in [1.165, 1.54) is 13.0 Å². The van der Waals surface area contributed by atoms with Gasteiger partial charge in [0.2, 0.25) is 0 Å². The van der Waals surface area contributed by atoms with Gasteiger partial charge in [-0.2, -0.15) is 0 Å². The molecule has 0 bridgehead atoms. The Bertz CT molecular complexity index is 180. The summed E-state index contributed by atoms with van der Waals surface area (Å²) in [5.41, 5.74) is 0.610. The van der Waals surface area contributed by atoms with Crippen molar-refractivity contribution in [2.24, 2.45) is 5.41 Å². The smallest absolute Gasteiger partial charge is 0.00967 e. The highest BCUT2D eigenvalue weighted by Crippen LogP contribution is 2.22. The van der Waals surface area contributed by atoms with Crippen LogP contribution in [-0.4, -0.2) is 36.6 Å². The van der Waals surface area contributed by atoms with Crippen LogP contribution in [0.5, 0.6) is 0 Å². The zero-order valence-electron chi connectivity index (χ0n) is 12.5. The van der Waals surface area contributed by atoms with E-state index in [2.05, 4.69) is 58.7 Å². The molecule has 1 N–H and O–H groups in total. The monoisotopic (exact) mass is 228 g/mol. The van der Waals surface area contributed by atoms with E-state index >= 15 is 0 Å². The van der Waals surface area contributed by atoms with Crippen LogP contribution in [-0.2, 0) is 0 Å². The van der Waals surface area contributed by atoms with Crippen molar-refractivity contribution in [2.75, 3.05) is 26.2 Å². The average molecular weight is 228 g/mol. The van der Waals surface area contributed by atoms with Crippen molar-refractivity contribution in [3.8, 4) is 0 Å². The summed E-state index contributed by atoms with van der Waals surface area (Å²) in [7, 11) is 0. The Balaban J connectivity index is 4.30. The first-order valence-electron chi connectivity index (χ1n) is 6.73. The van der Waals surface area contributed by atoms with Gasteiger partial charge in [0.1, 0.15) is 0 Å². The maximum Gasteiger partial charge on any atom is 0.00967 e. The summed E-state index contributed by atoms with van der Waals surface area (Å²) >= 11 is 0. The number of hydrogen-bond donors (Lipinski definition) is 1. The first kappa shape index (κ1) is 15.9. The Morgan fingerprint density at radius 2 is 1.44 bits per heavy atom. The summed E-state index contributed by atoms with van der Waals surface area (Å²) in [6.07, 6.45) is 1.23. The van der Waals surface area contributed by atoms with Gasteiger partial charge in [-0.25, -0.2) is 0 Å². The van der Waals surface area contributed by atoms with Gasteiger partial charge >= 0.3 is 0 Å². The van der Waals surface area contributed by atoms with E-state index in [1.807, 2.05) is 0 Å². The lowest BCUT2D eigenvalue weighted by molar-refractivity contribution is 0.156. The Morgan fingerprint density at radius 1 is 0.938 bits per heavy atom. The predicted molar refractivity (Wildman–Crippen MR) is 73.9 cm³/mol. The quantitative estimate of drug-likeness (QED) is 0.720. The van der Waals surface area contributed by atoms with Gasteiger partial charge in [0, 0.05) is 18.6 Å². The van der Waals surface area contributed by atoms with Crippen molar-refractivity contribution in [2.45, 2.75) is 60.4 Å². The molecule has 2 heteroatoms. The molecular weight excluding hydrogens is 196 g/mol. The molecule has 16 heavy (non-hydrogen) atoms. The summed E-state index contributed by atoms with van der Waals surface area (Å²) in [6, 6.07) is 0. The molecule has 0 aromatic heterocycles. The molecule has 0 aliphatic rings. The highest BCUT2D eigenvalue weighted by molar-refractivity contribution is 4.82. The van der Waals surface area contributed by atoms with E-state index in [-0.39, 0.29) is 5.54 Å². The molecular formula is C14H32N2. The van der Waals surface area contributed by atoms with E-state index in [4.69, 9.17) is 0 Å². The van der Waals surface area contributed by atoms with Crippen molar-refractivity contribution in [1.82, 2.24) is 10.2 Å². The molecule has 0 aromatic rings. The fourth-order valence-electron chi connectivity index (χ4n) is 1.76. The minimum absolute atomic E-state index is 0.222. The second kappa shape index (κ2) is 6.61. The fourth-order valence-corrected chi connectivity index (χ4v) is 1.76. The number of hydrogen-bond acceptors (Lipinski definition) is 2. The van der Waals surface area contributed by atoms with Gasteiger partial charge in [0.05, 0.1) is 0 Å². The second-order valence-electron chi connectivity index (χ2n) is 6.23. The van der Waals surface area contributed by atoms with Gasteiger partial charge in [0.15, 0.2) is 0 Å². The van der Waals surface area contributed by atoms with Crippen LogP contribution >= 0.6 is 0 Å². The number of nitrogens with one attached hydrogen (secondary N) is 1. The maximum absolute atomic E-state index is 3.64. The van der Waals surface area contributed by atoms with Crippen molar-refractivity contribution in [3.63, 3.8) is 0 Å². The molecule has 0 saturated heterocycles. The molecule has 0 spiro atoms. The molecule has 1 atom stereocenters. The van der Waals surface area contributed by atoms with Gasteiger partial charge < -0.3 is 10.2 Å². The van der Waals surface area contributed by atoms with Gasteiger partial charge in [-0.15, -0.1) is 0 Å². The lowest BCUT2D eigenvalue weighted by Gasteiger charge is -2.36. The third-order valence-corrected chi connectivity index (χ3v) is 3.40. The molecule has 98 valence electrons. The molecule has 1 unspecified atom stereocenters. The highest BCUT2D eigenvalue weighted by Gasteiger charge is 2.25. The van der Waals surface area contributed by atoms with E-state index in [0.717, 1.165) is 19.6 Å². The van der Waals surface area contributed by atoms with Crippen molar-refractivity contribution in [3.05, 3.63) is 0 Å². The number of rotatable bonds is 7. The minimum atomic E-state index is 0.222. The average Bonchev–Trinajstić information content (AvgIpc) is 2.22. The summed E-state index contributed by atoms with van der Waals surface area (Å²) in [4.78, 5) is 2.52. The zero-order chi connectivity index (χ0) is 12.8. The lowest BCUT2D eigenvalue weighted by atomic mass is 9.86. The normalized spacial score (nSPS) is 16.5. The molecule has 0 aliphatic heterocycles. The Kier molecular flexibility index (Phi) is 6.57. The van der Waals surface area contributed by atoms with Gasteiger partial charge in [-0.1, -0.05) is 27.7 Å². The van der Waals surface area contributed by atoms with Crippen LogP contribution in [0.3, 0.4) is 0 Å². The molecule has 0 radical (unpaired) electrons. The van der Waals surface area contributed by atoms with Crippen molar-refractivity contribution < 1.29 is 0 Å². The molecule has 0 aliphatic carbocycles. The first-order valence-corrected chi connectivity index (χ1v) is 6.73. The Labute approximate surface area is 103 Å². The van der Waals surface area contributed by atoms with E-state index in [9.17, 15) is 0 Å². The molecule has 0 amide bonds. The second-order valence-corrected chi connectivity index (χ2v) is 6.23. The molecule has 0 heterocycles. The summed E-state index contributed by atoms with van der Waals surface area (Å²) < 4.78 is 0. The van der Waals surface area contributed by atoms with Crippen LogP contribution in [0.4, 0.5) is 0 Å². The SMILES string of the molecule is CCN(CC)CC(C)(CC)CNC(C)(C)C. The summed E-state index contributed by atoms with van der Waals surface area (Å²) in [5, 5.41) is 3.64. The van der Waals surface area contributed by atoms with Gasteiger partial charge in [-0.05, 0) is 45.7 Å². The van der Waals surface area contributed by atoms with Gasteiger partial charge in [0.25, 0.3) is 0 Å². The van der Waals surface area contributed by atoms with E-state index in [1.54, 1.807) is 0 Å². The molecule has 0 aromatic carbocycles. The standard InChI is InChI=1S/C14H32N2/c1-8-14(7,11-15-13(4,5)6)12-16(9-2)10-3/h15H,8-12H2,1-7H3. The molecule has 0 rings (SSSR count). The van der Waals surface area contributed by atoms with Gasteiger partial charge in [-0.3, -0.25) is 0 Å². The number of nitrogens with zero attached hydrogens (tertiary/aromatic N) is 1. The third-order valence-electron chi connectivity index (χ3n) is 3.40. The van der Waals surface area contributed by atoms with Crippen LogP contribution in [0.1, 0.15) is 54.9 Å². The lowest BCUT2D eigenvalue weighted by Crippen LogP contribution is -2.47. The van der Waals surface area contributed by atoms with Crippen molar-refractivity contribution in [1.29, 1.82) is 0 Å². The van der Waals surface area contributed by atoms with E-state index < -0.39 is 0 Å². The Morgan fingerprint density at radius 3 is 1.75 bits per heavy atom. The van der Waals surface area contributed by atoms with Crippen LogP contribution < -0.4 is 5.32 Å². The van der Waals surface area contributed by atoms with Crippen LogP contribution in [0.25, 0.3) is 0 Å². The fraction of sp³-hybridized carbons (Fsp3) is 1.00. The topological polar surface area (TPSA) is 15.3 Å². The Hall–Kier alpha value is -0.0800.